The molecule has 0 aromatic rings. The van der Waals surface area contributed by atoms with E-state index in [1.54, 1.807) is 0 Å². The second-order valence-electron chi connectivity index (χ2n) is 5.85. The molecular formula is C14H23N3. The summed E-state index contributed by atoms with van der Waals surface area (Å²) < 4.78 is 0. The Kier molecular flexibility index (Phi) is 2.85. The molecule has 0 unspecified atom stereocenters. The van der Waals surface area contributed by atoms with Gasteiger partial charge >= 0.3 is 0 Å². The molecule has 0 aliphatic heterocycles. The van der Waals surface area contributed by atoms with Crippen molar-refractivity contribution in [2.75, 3.05) is 13.6 Å². The smallest absolute Gasteiger partial charge is 0.191 e. The Bertz CT molecular complexity index is 329. The van der Waals surface area contributed by atoms with Gasteiger partial charge in [-0.2, -0.15) is 0 Å². The fourth-order valence-corrected chi connectivity index (χ4v) is 2.97. The Hall–Kier alpha value is -0.990. The van der Waals surface area contributed by atoms with E-state index in [2.05, 4.69) is 27.8 Å². The van der Waals surface area contributed by atoms with Crippen LogP contribution in [0.5, 0.6) is 0 Å². The molecule has 3 aliphatic rings. The van der Waals surface area contributed by atoms with Gasteiger partial charge < -0.3 is 10.6 Å². The first-order chi connectivity index (χ1) is 8.32. The second kappa shape index (κ2) is 4.35. The summed E-state index contributed by atoms with van der Waals surface area (Å²) in [5, 5.41) is 7.03. The minimum absolute atomic E-state index is 0.553. The number of aliphatic imine (C=N–C) groups is 1. The topological polar surface area (TPSA) is 36.4 Å². The van der Waals surface area contributed by atoms with E-state index in [0.717, 1.165) is 31.3 Å². The molecule has 2 fully saturated rings. The molecule has 0 radical (unpaired) electrons. The molecule has 3 nitrogen and oxygen atoms in total. The van der Waals surface area contributed by atoms with E-state index in [1.165, 1.54) is 25.7 Å². The third kappa shape index (κ3) is 2.48. The van der Waals surface area contributed by atoms with E-state index in [1.807, 2.05) is 7.05 Å². The lowest BCUT2D eigenvalue weighted by molar-refractivity contribution is 0.429. The van der Waals surface area contributed by atoms with Gasteiger partial charge in [0.2, 0.25) is 0 Å². The van der Waals surface area contributed by atoms with Crippen molar-refractivity contribution in [1.29, 1.82) is 0 Å². The van der Waals surface area contributed by atoms with Crippen LogP contribution < -0.4 is 10.6 Å². The zero-order valence-corrected chi connectivity index (χ0v) is 10.7. The largest absolute Gasteiger partial charge is 0.356 e. The van der Waals surface area contributed by atoms with E-state index in [9.17, 15) is 0 Å². The van der Waals surface area contributed by atoms with Gasteiger partial charge in [0, 0.05) is 19.6 Å². The normalized spacial score (nSPS) is 27.2. The van der Waals surface area contributed by atoms with Crippen molar-refractivity contribution >= 4 is 5.96 Å². The lowest BCUT2D eigenvalue weighted by Gasteiger charge is -2.20. The van der Waals surface area contributed by atoms with Crippen LogP contribution in [0.4, 0.5) is 0 Å². The average molecular weight is 233 g/mol. The Morgan fingerprint density at radius 2 is 2.00 bits per heavy atom. The molecule has 0 heterocycles. The summed E-state index contributed by atoms with van der Waals surface area (Å²) in [7, 11) is 1.87. The van der Waals surface area contributed by atoms with E-state index >= 15 is 0 Å². The number of nitrogens with zero attached hydrogens (tertiary/aromatic N) is 1. The average Bonchev–Trinajstić information content (AvgIpc) is 3.24. The molecule has 2 saturated carbocycles. The second-order valence-corrected chi connectivity index (χ2v) is 5.85. The predicted molar refractivity (Wildman–Crippen MR) is 71.1 cm³/mol. The number of hydrogen-bond acceptors (Lipinski definition) is 1. The van der Waals surface area contributed by atoms with Gasteiger partial charge in [0.1, 0.15) is 0 Å². The maximum atomic E-state index is 4.33. The third-order valence-electron chi connectivity index (χ3n) is 4.52. The maximum absolute atomic E-state index is 4.33. The van der Waals surface area contributed by atoms with Crippen molar-refractivity contribution in [2.24, 2.45) is 16.3 Å². The van der Waals surface area contributed by atoms with E-state index in [4.69, 9.17) is 0 Å². The van der Waals surface area contributed by atoms with Crippen LogP contribution in [-0.2, 0) is 0 Å². The zero-order chi connectivity index (χ0) is 11.7. The lowest BCUT2D eigenvalue weighted by atomic mass is 10.0. The first kappa shape index (κ1) is 11.1. The highest BCUT2D eigenvalue weighted by atomic mass is 15.2. The summed E-state index contributed by atoms with van der Waals surface area (Å²) >= 11 is 0. The van der Waals surface area contributed by atoms with Crippen LogP contribution in [0.2, 0.25) is 0 Å². The molecule has 3 aliphatic carbocycles. The Morgan fingerprint density at radius 3 is 2.53 bits per heavy atom. The van der Waals surface area contributed by atoms with Crippen LogP contribution in [0.15, 0.2) is 17.1 Å². The van der Waals surface area contributed by atoms with E-state index in [0.29, 0.717) is 11.5 Å². The van der Waals surface area contributed by atoms with Gasteiger partial charge in [-0.25, -0.2) is 0 Å². The minimum atomic E-state index is 0.553. The van der Waals surface area contributed by atoms with Gasteiger partial charge in [0.15, 0.2) is 5.96 Å². The first-order valence-electron chi connectivity index (χ1n) is 6.95. The van der Waals surface area contributed by atoms with E-state index < -0.39 is 0 Å². The molecular weight excluding hydrogens is 210 g/mol. The standard InChI is InChI=1S/C14H23N3/c1-15-13(17-12-4-2-3-5-12)16-10-14(8-9-14)11-6-7-11/h2-3,11-12H,4-10H2,1H3,(H2,15,16,17). The van der Waals surface area contributed by atoms with Crippen molar-refractivity contribution in [3.63, 3.8) is 0 Å². The highest BCUT2D eigenvalue weighted by molar-refractivity contribution is 5.80. The van der Waals surface area contributed by atoms with Gasteiger partial charge in [-0.15, -0.1) is 0 Å². The van der Waals surface area contributed by atoms with Gasteiger partial charge in [0.25, 0.3) is 0 Å². The maximum Gasteiger partial charge on any atom is 0.191 e. The molecule has 94 valence electrons. The summed E-state index contributed by atoms with van der Waals surface area (Å²) in [5.41, 5.74) is 0.644. The van der Waals surface area contributed by atoms with Crippen molar-refractivity contribution < 1.29 is 0 Å². The summed E-state index contributed by atoms with van der Waals surface area (Å²) in [6.07, 6.45) is 12.5. The summed E-state index contributed by atoms with van der Waals surface area (Å²) in [5.74, 6) is 2.01. The zero-order valence-electron chi connectivity index (χ0n) is 10.7. The summed E-state index contributed by atoms with van der Waals surface area (Å²) in [4.78, 5) is 4.33. The van der Waals surface area contributed by atoms with Crippen LogP contribution in [0.1, 0.15) is 38.5 Å². The van der Waals surface area contributed by atoms with Crippen LogP contribution in [0.25, 0.3) is 0 Å². The Morgan fingerprint density at radius 1 is 1.29 bits per heavy atom. The Labute approximate surface area is 104 Å². The van der Waals surface area contributed by atoms with Crippen molar-refractivity contribution in [1.82, 2.24) is 10.6 Å². The number of guanidine groups is 1. The quantitative estimate of drug-likeness (QED) is 0.443. The predicted octanol–water partition coefficient (Wildman–Crippen LogP) is 2.06. The molecule has 0 aromatic heterocycles. The molecule has 3 heteroatoms. The van der Waals surface area contributed by atoms with Gasteiger partial charge in [-0.05, 0) is 49.9 Å². The Balaban J connectivity index is 1.45. The highest BCUT2D eigenvalue weighted by Gasteiger charge is 2.53. The number of nitrogens with one attached hydrogen (secondary N) is 2. The molecule has 0 saturated heterocycles. The molecule has 0 atom stereocenters. The van der Waals surface area contributed by atoms with Gasteiger partial charge in [-0.1, -0.05) is 12.2 Å². The lowest BCUT2D eigenvalue weighted by Crippen LogP contribution is -2.44. The molecule has 2 N–H and O–H groups in total. The first-order valence-corrected chi connectivity index (χ1v) is 6.95. The van der Waals surface area contributed by atoms with Crippen LogP contribution in [-0.4, -0.2) is 25.6 Å². The molecule has 3 rings (SSSR count). The molecule has 0 amide bonds. The third-order valence-corrected chi connectivity index (χ3v) is 4.52. The molecule has 0 spiro atoms. The fraction of sp³-hybridized carbons (Fsp3) is 0.786. The van der Waals surface area contributed by atoms with Crippen molar-refractivity contribution in [2.45, 2.75) is 44.6 Å². The fourth-order valence-electron chi connectivity index (χ4n) is 2.97. The number of rotatable bonds is 4. The molecule has 17 heavy (non-hydrogen) atoms. The van der Waals surface area contributed by atoms with Crippen LogP contribution in [0.3, 0.4) is 0 Å². The summed E-state index contributed by atoms with van der Waals surface area (Å²) in [6, 6.07) is 0.553. The minimum Gasteiger partial charge on any atom is -0.356 e. The number of hydrogen-bond donors (Lipinski definition) is 2. The van der Waals surface area contributed by atoms with Gasteiger partial charge in [0.05, 0.1) is 0 Å². The monoisotopic (exact) mass is 233 g/mol. The SMILES string of the molecule is CN=C(NCC1(C2CC2)CC1)NC1CC=CC1. The highest BCUT2D eigenvalue weighted by Crippen LogP contribution is 2.60. The summed E-state index contributed by atoms with van der Waals surface area (Å²) in [6.45, 7) is 1.12. The van der Waals surface area contributed by atoms with Crippen molar-refractivity contribution in [3.8, 4) is 0 Å². The van der Waals surface area contributed by atoms with Gasteiger partial charge in [-0.3, -0.25) is 4.99 Å². The van der Waals surface area contributed by atoms with E-state index in [-0.39, 0.29) is 0 Å². The van der Waals surface area contributed by atoms with Crippen molar-refractivity contribution in [3.05, 3.63) is 12.2 Å². The van der Waals surface area contributed by atoms with Crippen LogP contribution >= 0.6 is 0 Å². The molecule has 0 aromatic carbocycles. The molecule has 0 bridgehead atoms. The van der Waals surface area contributed by atoms with Crippen LogP contribution in [0, 0.1) is 11.3 Å².